The van der Waals surface area contributed by atoms with Crippen molar-refractivity contribution in [1.82, 2.24) is 5.43 Å². The van der Waals surface area contributed by atoms with Crippen LogP contribution < -0.4 is 14.9 Å². The Bertz CT molecular complexity index is 747. The summed E-state index contributed by atoms with van der Waals surface area (Å²) in [5.74, 6) is 1.05. The summed E-state index contributed by atoms with van der Waals surface area (Å²) in [6, 6.07) is 15.3. The molecule has 26 heavy (non-hydrogen) atoms. The van der Waals surface area contributed by atoms with Crippen LogP contribution in [0.25, 0.3) is 0 Å². The van der Waals surface area contributed by atoms with E-state index in [1.54, 1.807) is 6.21 Å². The number of hydrogen-bond acceptors (Lipinski definition) is 4. The van der Waals surface area contributed by atoms with Crippen LogP contribution in [-0.4, -0.2) is 25.3 Å². The molecule has 5 heteroatoms. The second-order valence-corrected chi connectivity index (χ2v) is 6.83. The molecule has 0 aliphatic heterocycles. The largest absolute Gasteiger partial charge is 0.493 e. The zero-order valence-electron chi connectivity index (χ0n) is 15.8. The number of carbonyl (C=O) groups excluding carboxylic acids is 1. The zero-order valence-corrected chi connectivity index (χ0v) is 15.8. The highest BCUT2D eigenvalue weighted by Gasteiger charge is 2.13. The molecule has 0 spiro atoms. The smallest absolute Gasteiger partial charge is 0.277 e. The number of nitrogens with zero attached hydrogens (tertiary/aromatic N) is 1. The lowest BCUT2D eigenvalue weighted by Crippen LogP contribution is -2.24. The fourth-order valence-corrected chi connectivity index (χ4v) is 2.28. The van der Waals surface area contributed by atoms with Crippen molar-refractivity contribution in [3.63, 3.8) is 0 Å². The van der Waals surface area contributed by atoms with Crippen LogP contribution in [0.2, 0.25) is 0 Å². The Labute approximate surface area is 155 Å². The fourth-order valence-electron chi connectivity index (χ4n) is 2.28. The highest BCUT2D eigenvalue weighted by molar-refractivity contribution is 5.85. The topological polar surface area (TPSA) is 59.9 Å². The summed E-state index contributed by atoms with van der Waals surface area (Å²) < 4.78 is 11.0. The van der Waals surface area contributed by atoms with Crippen LogP contribution in [0.3, 0.4) is 0 Å². The van der Waals surface area contributed by atoms with Crippen LogP contribution in [0.5, 0.6) is 11.5 Å². The fraction of sp³-hybridized carbons (Fsp3) is 0.333. The quantitative estimate of drug-likeness (QED) is 0.606. The van der Waals surface area contributed by atoms with Gasteiger partial charge in [0.15, 0.2) is 6.61 Å². The van der Waals surface area contributed by atoms with Crippen LogP contribution in [0.15, 0.2) is 53.6 Å². The number of hydrazone groups is 1. The van der Waals surface area contributed by atoms with Gasteiger partial charge in [-0.25, -0.2) is 5.43 Å². The van der Waals surface area contributed by atoms with Gasteiger partial charge in [-0.2, -0.15) is 5.10 Å². The maximum atomic E-state index is 11.9. The third-order valence-corrected chi connectivity index (χ3v) is 3.70. The number of amides is 1. The number of carbonyl (C=O) groups is 1. The predicted molar refractivity (Wildman–Crippen MR) is 104 cm³/mol. The summed E-state index contributed by atoms with van der Waals surface area (Å²) in [5, 5.41) is 3.96. The van der Waals surface area contributed by atoms with Gasteiger partial charge in [0.1, 0.15) is 11.5 Å². The van der Waals surface area contributed by atoms with Gasteiger partial charge in [-0.05, 0) is 42.2 Å². The molecule has 138 valence electrons. The van der Waals surface area contributed by atoms with Crippen molar-refractivity contribution in [3.05, 3.63) is 59.7 Å². The summed E-state index contributed by atoms with van der Waals surface area (Å²) >= 11 is 0. The molecular weight excluding hydrogens is 328 g/mol. The van der Waals surface area contributed by atoms with E-state index in [0.717, 1.165) is 11.3 Å². The van der Waals surface area contributed by atoms with Gasteiger partial charge in [-0.3, -0.25) is 4.79 Å². The molecule has 1 amide bonds. The van der Waals surface area contributed by atoms with E-state index < -0.39 is 0 Å². The molecule has 0 aliphatic rings. The van der Waals surface area contributed by atoms with E-state index in [2.05, 4.69) is 31.3 Å². The molecule has 5 nitrogen and oxygen atoms in total. The van der Waals surface area contributed by atoms with Gasteiger partial charge in [0, 0.05) is 5.56 Å². The molecule has 0 aromatic heterocycles. The Kier molecular flexibility index (Phi) is 6.78. The molecule has 0 saturated carbocycles. The molecule has 0 fully saturated rings. The number of nitrogens with one attached hydrogen (secondary N) is 1. The maximum absolute atomic E-state index is 11.9. The van der Waals surface area contributed by atoms with Gasteiger partial charge in [0.2, 0.25) is 0 Å². The lowest BCUT2D eigenvalue weighted by molar-refractivity contribution is -0.123. The van der Waals surface area contributed by atoms with Crippen molar-refractivity contribution >= 4 is 12.1 Å². The van der Waals surface area contributed by atoms with Crippen molar-refractivity contribution in [2.24, 2.45) is 5.10 Å². The summed E-state index contributed by atoms with van der Waals surface area (Å²) in [5.41, 5.74) is 4.56. The summed E-state index contributed by atoms with van der Waals surface area (Å²) in [7, 11) is 0. The number of hydrogen-bond donors (Lipinski definition) is 1. The second-order valence-electron chi connectivity index (χ2n) is 6.83. The van der Waals surface area contributed by atoms with E-state index in [-0.39, 0.29) is 17.9 Å². The van der Waals surface area contributed by atoms with Gasteiger partial charge < -0.3 is 9.47 Å². The van der Waals surface area contributed by atoms with Crippen LogP contribution in [0.1, 0.15) is 38.8 Å². The first-order valence-corrected chi connectivity index (χ1v) is 8.67. The van der Waals surface area contributed by atoms with Crippen molar-refractivity contribution in [1.29, 1.82) is 0 Å². The molecule has 0 unspecified atom stereocenters. The summed E-state index contributed by atoms with van der Waals surface area (Å²) in [4.78, 5) is 11.9. The molecule has 0 aliphatic carbocycles. The van der Waals surface area contributed by atoms with Gasteiger partial charge in [0.25, 0.3) is 5.91 Å². The minimum Gasteiger partial charge on any atom is -0.493 e. The van der Waals surface area contributed by atoms with Crippen LogP contribution in [0.4, 0.5) is 0 Å². The van der Waals surface area contributed by atoms with E-state index >= 15 is 0 Å². The first-order chi connectivity index (χ1) is 12.4. The molecule has 0 radical (unpaired) electrons. The standard InChI is InChI=1S/C21H26N2O3/c1-5-25-19-9-7-6-8-16(19)14-22-23-20(24)15-26-18-12-10-17(11-13-18)21(2,3)4/h6-14H,5,15H2,1-4H3,(H,23,24). The van der Waals surface area contributed by atoms with E-state index in [1.807, 2.05) is 55.5 Å². The number of benzene rings is 2. The minimum atomic E-state index is -0.324. The SMILES string of the molecule is CCOc1ccccc1C=NNC(=O)COc1ccc(C(C)(C)C)cc1. The Balaban J connectivity index is 1.84. The molecule has 0 heterocycles. The molecule has 0 saturated heterocycles. The molecule has 1 N–H and O–H groups in total. The number of para-hydroxylation sites is 1. The minimum absolute atomic E-state index is 0.0857. The van der Waals surface area contributed by atoms with Gasteiger partial charge in [-0.15, -0.1) is 0 Å². The molecular formula is C21H26N2O3. The van der Waals surface area contributed by atoms with Crippen molar-refractivity contribution in [2.45, 2.75) is 33.1 Å². The Morgan fingerprint density at radius 2 is 1.77 bits per heavy atom. The highest BCUT2D eigenvalue weighted by Crippen LogP contribution is 2.24. The molecule has 2 aromatic carbocycles. The third kappa shape index (κ3) is 5.92. The average Bonchev–Trinajstić information content (AvgIpc) is 2.61. The predicted octanol–water partition coefficient (Wildman–Crippen LogP) is 3.91. The van der Waals surface area contributed by atoms with Crippen LogP contribution in [0, 0.1) is 0 Å². The van der Waals surface area contributed by atoms with E-state index in [9.17, 15) is 4.79 Å². The third-order valence-electron chi connectivity index (χ3n) is 3.70. The molecule has 0 bridgehead atoms. The van der Waals surface area contributed by atoms with Gasteiger partial charge in [-0.1, -0.05) is 45.0 Å². The lowest BCUT2D eigenvalue weighted by atomic mass is 9.87. The average molecular weight is 354 g/mol. The zero-order chi connectivity index (χ0) is 19.0. The lowest BCUT2D eigenvalue weighted by Gasteiger charge is -2.19. The summed E-state index contributed by atoms with van der Waals surface area (Å²) in [6.45, 7) is 8.84. The first kappa shape index (κ1) is 19.5. The molecule has 0 atom stereocenters. The Morgan fingerprint density at radius 1 is 1.08 bits per heavy atom. The van der Waals surface area contributed by atoms with Crippen molar-refractivity contribution in [2.75, 3.05) is 13.2 Å². The van der Waals surface area contributed by atoms with Crippen LogP contribution >= 0.6 is 0 Å². The second kappa shape index (κ2) is 9.04. The van der Waals surface area contributed by atoms with Gasteiger partial charge >= 0.3 is 0 Å². The van der Waals surface area contributed by atoms with Crippen LogP contribution in [-0.2, 0) is 10.2 Å². The van der Waals surface area contributed by atoms with E-state index in [4.69, 9.17) is 9.47 Å². The first-order valence-electron chi connectivity index (χ1n) is 8.67. The van der Waals surface area contributed by atoms with E-state index in [1.165, 1.54) is 5.56 Å². The van der Waals surface area contributed by atoms with Crippen molar-refractivity contribution in [3.8, 4) is 11.5 Å². The Morgan fingerprint density at radius 3 is 2.42 bits per heavy atom. The number of ether oxygens (including phenoxy) is 2. The van der Waals surface area contributed by atoms with Gasteiger partial charge in [0.05, 0.1) is 12.8 Å². The molecule has 2 rings (SSSR count). The van der Waals surface area contributed by atoms with Crippen molar-refractivity contribution < 1.29 is 14.3 Å². The highest BCUT2D eigenvalue weighted by atomic mass is 16.5. The maximum Gasteiger partial charge on any atom is 0.277 e. The molecule has 2 aromatic rings. The Hall–Kier alpha value is -2.82. The summed E-state index contributed by atoms with van der Waals surface area (Å²) in [6.07, 6.45) is 1.56. The van der Waals surface area contributed by atoms with E-state index in [0.29, 0.717) is 12.4 Å². The normalized spacial score (nSPS) is 11.4. The monoisotopic (exact) mass is 354 g/mol. The number of rotatable bonds is 7.